The van der Waals surface area contributed by atoms with Crippen molar-refractivity contribution < 1.29 is 14.7 Å². The highest BCUT2D eigenvalue weighted by Gasteiger charge is 2.33. The number of benzene rings is 1. The summed E-state index contributed by atoms with van der Waals surface area (Å²) in [6.07, 6.45) is 4.58. The van der Waals surface area contributed by atoms with Gasteiger partial charge in [-0.3, -0.25) is 9.59 Å². The van der Waals surface area contributed by atoms with E-state index in [-0.39, 0.29) is 18.5 Å². The van der Waals surface area contributed by atoms with Gasteiger partial charge in [0.2, 0.25) is 0 Å². The van der Waals surface area contributed by atoms with Crippen LogP contribution in [0, 0.1) is 5.92 Å². The van der Waals surface area contributed by atoms with Crippen molar-refractivity contribution in [1.29, 1.82) is 0 Å². The van der Waals surface area contributed by atoms with E-state index in [2.05, 4.69) is 10.3 Å². The van der Waals surface area contributed by atoms with Gasteiger partial charge in [-0.15, -0.1) is 5.10 Å². The minimum atomic E-state index is -0.842. The molecule has 120 valence electrons. The summed E-state index contributed by atoms with van der Waals surface area (Å²) in [6.45, 7) is 2.21. The van der Waals surface area contributed by atoms with Crippen LogP contribution in [0.15, 0.2) is 36.7 Å². The number of carboxylic acids is 1. The Morgan fingerprint density at radius 3 is 2.83 bits per heavy atom. The van der Waals surface area contributed by atoms with E-state index in [1.54, 1.807) is 40.2 Å². The van der Waals surface area contributed by atoms with Crippen LogP contribution in [0.2, 0.25) is 0 Å². The zero-order valence-corrected chi connectivity index (χ0v) is 12.8. The quantitative estimate of drug-likeness (QED) is 0.929. The molecule has 1 aromatic carbocycles. The van der Waals surface area contributed by atoms with Crippen molar-refractivity contribution >= 4 is 11.9 Å². The summed E-state index contributed by atoms with van der Waals surface area (Å²) in [4.78, 5) is 25.7. The van der Waals surface area contributed by atoms with Crippen LogP contribution < -0.4 is 0 Å². The van der Waals surface area contributed by atoms with Gasteiger partial charge in [0.25, 0.3) is 5.91 Å². The summed E-state index contributed by atoms with van der Waals surface area (Å²) < 4.78 is 1.58. The number of hydrogen-bond donors (Lipinski definition) is 1. The smallest absolute Gasteiger partial charge is 0.308 e. The molecule has 2 aromatic rings. The van der Waals surface area contributed by atoms with Crippen LogP contribution in [0.4, 0.5) is 0 Å². The maximum Gasteiger partial charge on any atom is 0.308 e. The lowest BCUT2D eigenvalue weighted by atomic mass is 9.93. The van der Waals surface area contributed by atoms with Crippen molar-refractivity contribution in [2.75, 3.05) is 6.54 Å². The molecule has 0 aliphatic carbocycles. The number of hydrogen-bond acceptors (Lipinski definition) is 4. The van der Waals surface area contributed by atoms with E-state index in [1.165, 1.54) is 0 Å². The fourth-order valence-electron chi connectivity index (χ4n) is 2.88. The molecule has 0 bridgehead atoms. The molecule has 7 heteroatoms. The van der Waals surface area contributed by atoms with Gasteiger partial charge in [-0.1, -0.05) is 11.3 Å². The molecule has 3 rings (SSSR count). The van der Waals surface area contributed by atoms with Gasteiger partial charge >= 0.3 is 5.97 Å². The first-order valence-electron chi connectivity index (χ1n) is 7.57. The highest BCUT2D eigenvalue weighted by Crippen LogP contribution is 2.24. The molecule has 2 heterocycles. The van der Waals surface area contributed by atoms with Gasteiger partial charge in [0.05, 0.1) is 24.0 Å². The predicted octanol–water partition coefficient (Wildman–Crippen LogP) is 1.59. The van der Waals surface area contributed by atoms with Crippen LogP contribution in [-0.2, 0) is 4.79 Å². The highest BCUT2D eigenvalue weighted by molar-refractivity contribution is 5.95. The summed E-state index contributed by atoms with van der Waals surface area (Å²) in [5.41, 5.74) is 1.27. The number of carbonyl (C=O) groups is 2. The summed E-state index contributed by atoms with van der Waals surface area (Å²) in [6, 6.07) is 7.14. The third-order valence-corrected chi connectivity index (χ3v) is 4.27. The first kappa shape index (κ1) is 15.2. The van der Waals surface area contributed by atoms with E-state index in [9.17, 15) is 14.7 Å². The van der Waals surface area contributed by atoms with Crippen LogP contribution in [0.3, 0.4) is 0 Å². The fraction of sp³-hybridized carbons (Fsp3) is 0.375. The molecular weight excluding hydrogens is 296 g/mol. The number of piperidine rings is 1. The van der Waals surface area contributed by atoms with E-state index >= 15 is 0 Å². The van der Waals surface area contributed by atoms with Crippen LogP contribution in [0.1, 0.15) is 30.1 Å². The van der Waals surface area contributed by atoms with Gasteiger partial charge in [-0.25, -0.2) is 4.68 Å². The van der Waals surface area contributed by atoms with Gasteiger partial charge in [0.1, 0.15) is 0 Å². The minimum Gasteiger partial charge on any atom is -0.481 e. The summed E-state index contributed by atoms with van der Waals surface area (Å²) in [7, 11) is 0. The number of carbonyl (C=O) groups excluding carboxylic acids is 1. The van der Waals surface area contributed by atoms with Crippen molar-refractivity contribution in [3.8, 4) is 5.69 Å². The molecule has 1 aliphatic rings. The lowest BCUT2D eigenvalue weighted by molar-refractivity contribution is -0.143. The second kappa shape index (κ2) is 6.20. The number of rotatable bonds is 3. The Kier molecular flexibility index (Phi) is 4.10. The molecule has 1 amide bonds. The van der Waals surface area contributed by atoms with Gasteiger partial charge in [-0.2, -0.15) is 0 Å². The number of aromatic nitrogens is 3. The largest absolute Gasteiger partial charge is 0.481 e. The Hall–Kier alpha value is -2.70. The lowest BCUT2D eigenvalue weighted by Crippen LogP contribution is -2.47. The zero-order chi connectivity index (χ0) is 16.4. The predicted molar refractivity (Wildman–Crippen MR) is 82.2 cm³/mol. The Morgan fingerprint density at radius 1 is 1.30 bits per heavy atom. The topological polar surface area (TPSA) is 88.3 Å². The van der Waals surface area contributed by atoms with Gasteiger partial charge in [0, 0.05) is 18.2 Å². The molecule has 2 unspecified atom stereocenters. The molecular formula is C16H18N4O3. The van der Waals surface area contributed by atoms with Crippen molar-refractivity contribution in [3.63, 3.8) is 0 Å². The summed E-state index contributed by atoms with van der Waals surface area (Å²) >= 11 is 0. The molecule has 2 atom stereocenters. The van der Waals surface area contributed by atoms with Crippen molar-refractivity contribution in [3.05, 3.63) is 42.2 Å². The number of likely N-dealkylation sites (tertiary alicyclic amines) is 1. The van der Waals surface area contributed by atoms with E-state index in [1.807, 2.05) is 13.0 Å². The van der Waals surface area contributed by atoms with E-state index < -0.39 is 11.9 Å². The molecule has 0 spiro atoms. The number of carboxylic acid groups (broad SMARTS) is 1. The maximum absolute atomic E-state index is 12.8. The molecule has 23 heavy (non-hydrogen) atoms. The normalized spacial score (nSPS) is 21.2. The van der Waals surface area contributed by atoms with Gasteiger partial charge in [0.15, 0.2) is 0 Å². The summed E-state index contributed by atoms with van der Waals surface area (Å²) in [5.74, 6) is -1.48. The highest BCUT2D eigenvalue weighted by atomic mass is 16.4. The van der Waals surface area contributed by atoms with Gasteiger partial charge in [-0.05, 0) is 38.0 Å². The van der Waals surface area contributed by atoms with E-state index in [4.69, 9.17) is 0 Å². The van der Waals surface area contributed by atoms with Crippen LogP contribution in [0.5, 0.6) is 0 Å². The average Bonchev–Trinajstić information content (AvgIpc) is 3.09. The molecule has 0 saturated carbocycles. The second-order valence-corrected chi connectivity index (χ2v) is 5.82. The second-order valence-electron chi connectivity index (χ2n) is 5.82. The van der Waals surface area contributed by atoms with Crippen LogP contribution >= 0.6 is 0 Å². The number of aliphatic carboxylic acids is 1. The third-order valence-electron chi connectivity index (χ3n) is 4.27. The van der Waals surface area contributed by atoms with Crippen molar-refractivity contribution in [2.45, 2.75) is 25.8 Å². The van der Waals surface area contributed by atoms with E-state index in [0.717, 1.165) is 5.69 Å². The average molecular weight is 314 g/mol. The molecule has 1 aliphatic heterocycles. The van der Waals surface area contributed by atoms with Crippen LogP contribution in [-0.4, -0.2) is 49.5 Å². The first-order chi connectivity index (χ1) is 11.1. The monoisotopic (exact) mass is 314 g/mol. The zero-order valence-electron chi connectivity index (χ0n) is 12.8. The molecule has 1 saturated heterocycles. The molecule has 1 N–H and O–H groups in total. The molecule has 7 nitrogen and oxygen atoms in total. The SMILES string of the molecule is CC1CCC(C(=O)O)CN1C(=O)c1cccc(-n2ccnn2)c1. The first-order valence-corrected chi connectivity index (χ1v) is 7.57. The molecule has 1 fully saturated rings. The molecule has 0 radical (unpaired) electrons. The standard InChI is InChI=1S/C16H18N4O3/c1-11-5-6-13(16(22)23)10-19(11)15(21)12-3-2-4-14(9-12)20-8-7-17-18-20/h2-4,7-9,11,13H,5-6,10H2,1H3,(H,22,23). The maximum atomic E-state index is 12.8. The van der Waals surface area contributed by atoms with Crippen LogP contribution in [0.25, 0.3) is 5.69 Å². The Balaban J connectivity index is 1.84. The van der Waals surface area contributed by atoms with E-state index in [0.29, 0.717) is 18.4 Å². The minimum absolute atomic E-state index is 0.0353. The van der Waals surface area contributed by atoms with Crippen molar-refractivity contribution in [2.24, 2.45) is 5.92 Å². The third kappa shape index (κ3) is 3.08. The fourth-order valence-corrected chi connectivity index (χ4v) is 2.88. The summed E-state index contributed by atoms with van der Waals surface area (Å²) in [5, 5.41) is 16.9. The number of amides is 1. The Bertz CT molecular complexity index is 714. The Labute approximate surface area is 133 Å². The Morgan fingerprint density at radius 2 is 2.13 bits per heavy atom. The van der Waals surface area contributed by atoms with Gasteiger partial charge < -0.3 is 10.0 Å². The lowest BCUT2D eigenvalue weighted by Gasteiger charge is -2.36. The number of nitrogens with zero attached hydrogens (tertiary/aromatic N) is 4. The van der Waals surface area contributed by atoms with Crippen molar-refractivity contribution in [1.82, 2.24) is 19.9 Å². The molecule has 1 aromatic heterocycles.